The van der Waals surface area contributed by atoms with Crippen LogP contribution in [0.4, 0.5) is 0 Å². The maximum atomic E-state index is 12.1. The number of hydrogen-bond acceptors (Lipinski definition) is 4. The van der Waals surface area contributed by atoms with Crippen molar-refractivity contribution >= 4 is 11.9 Å². The Labute approximate surface area is 135 Å². The summed E-state index contributed by atoms with van der Waals surface area (Å²) in [4.78, 5) is 23.7. The van der Waals surface area contributed by atoms with Gasteiger partial charge in [0.05, 0.1) is 7.11 Å². The Morgan fingerprint density at radius 3 is 2.57 bits per heavy atom. The van der Waals surface area contributed by atoms with Gasteiger partial charge in [-0.05, 0) is 43.7 Å². The van der Waals surface area contributed by atoms with Crippen LogP contribution in [0.3, 0.4) is 0 Å². The van der Waals surface area contributed by atoms with Crippen LogP contribution in [-0.2, 0) is 9.59 Å². The molecule has 1 saturated carbocycles. The summed E-state index contributed by atoms with van der Waals surface area (Å²) in [6, 6.07) is 6.91. The first-order valence-electron chi connectivity index (χ1n) is 7.76. The van der Waals surface area contributed by atoms with Crippen LogP contribution in [0.25, 0.3) is 0 Å². The van der Waals surface area contributed by atoms with E-state index >= 15 is 0 Å². The summed E-state index contributed by atoms with van der Waals surface area (Å²) in [7, 11) is 1.55. The van der Waals surface area contributed by atoms with Crippen LogP contribution in [-0.4, -0.2) is 36.2 Å². The monoisotopic (exact) mass is 321 g/mol. The topological polar surface area (TPSA) is 84.9 Å². The van der Waals surface area contributed by atoms with Crippen molar-refractivity contribution in [1.82, 2.24) is 5.32 Å². The van der Waals surface area contributed by atoms with Crippen molar-refractivity contribution < 1.29 is 24.2 Å². The Morgan fingerprint density at radius 1 is 1.30 bits per heavy atom. The van der Waals surface area contributed by atoms with Gasteiger partial charge in [-0.2, -0.15) is 0 Å². The van der Waals surface area contributed by atoms with E-state index in [0.29, 0.717) is 30.3 Å². The molecule has 0 radical (unpaired) electrons. The predicted octanol–water partition coefficient (Wildman–Crippen LogP) is 2.22. The summed E-state index contributed by atoms with van der Waals surface area (Å²) < 4.78 is 10.5. The Morgan fingerprint density at radius 2 is 1.96 bits per heavy atom. The fourth-order valence-electron chi connectivity index (χ4n) is 2.79. The van der Waals surface area contributed by atoms with Gasteiger partial charge in [-0.25, -0.2) is 4.79 Å². The molecule has 2 rings (SSSR count). The quantitative estimate of drug-likeness (QED) is 0.839. The van der Waals surface area contributed by atoms with Crippen molar-refractivity contribution in [2.45, 2.75) is 38.1 Å². The number of nitrogens with one attached hydrogen (secondary N) is 1. The third kappa shape index (κ3) is 4.37. The van der Waals surface area contributed by atoms with Gasteiger partial charge in [0.2, 0.25) is 0 Å². The van der Waals surface area contributed by atoms with Gasteiger partial charge in [0.25, 0.3) is 5.91 Å². The van der Waals surface area contributed by atoms with Gasteiger partial charge in [-0.15, -0.1) is 0 Å². The average molecular weight is 321 g/mol. The molecule has 0 saturated heterocycles. The molecule has 0 spiro atoms. The molecular formula is C17H23NO5. The second-order valence-corrected chi connectivity index (χ2v) is 6.09. The van der Waals surface area contributed by atoms with E-state index in [-0.39, 0.29) is 6.61 Å². The summed E-state index contributed by atoms with van der Waals surface area (Å²) >= 11 is 0. The normalized spacial score (nSPS) is 23.8. The first-order valence-corrected chi connectivity index (χ1v) is 7.76. The number of aliphatic carboxylic acids is 1. The van der Waals surface area contributed by atoms with E-state index in [4.69, 9.17) is 9.47 Å². The number of carbonyl (C=O) groups excluding carboxylic acids is 1. The number of amides is 1. The summed E-state index contributed by atoms with van der Waals surface area (Å²) in [5, 5.41) is 12.2. The van der Waals surface area contributed by atoms with Gasteiger partial charge in [-0.1, -0.05) is 13.0 Å². The molecule has 1 aromatic rings. The lowest BCUT2D eigenvalue weighted by atomic mass is 9.77. The number of hydrogen-bond donors (Lipinski definition) is 2. The van der Waals surface area contributed by atoms with Crippen molar-refractivity contribution in [3.63, 3.8) is 0 Å². The number of carbonyl (C=O) groups is 2. The Kier molecular flexibility index (Phi) is 5.47. The van der Waals surface area contributed by atoms with Crippen LogP contribution in [0.2, 0.25) is 0 Å². The van der Waals surface area contributed by atoms with Gasteiger partial charge in [-0.3, -0.25) is 4.79 Å². The number of methoxy groups -OCH3 is 1. The molecular weight excluding hydrogens is 298 g/mol. The van der Waals surface area contributed by atoms with Crippen molar-refractivity contribution in [1.29, 1.82) is 0 Å². The Bertz CT molecular complexity index is 564. The highest BCUT2D eigenvalue weighted by atomic mass is 16.5. The Hall–Kier alpha value is -2.24. The van der Waals surface area contributed by atoms with Crippen LogP contribution >= 0.6 is 0 Å². The standard InChI is InChI=1S/C17H23NO5/c1-12-6-8-17(9-7-12,16(20)21)18-15(19)11-23-14-5-3-4-13(10-14)22-2/h3-5,10,12H,6-9,11H2,1-2H3,(H,18,19)(H,20,21). The van der Waals surface area contributed by atoms with Crippen molar-refractivity contribution in [2.24, 2.45) is 5.92 Å². The molecule has 0 aliphatic heterocycles. The maximum Gasteiger partial charge on any atom is 0.329 e. The van der Waals surface area contributed by atoms with Gasteiger partial charge in [0.15, 0.2) is 6.61 Å². The minimum Gasteiger partial charge on any atom is -0.497 e. The minimum atomic E-state index is -1.17. The number of carboxylic acids is 1. The third-order valence-electron chi connectivity index (χ3n) is 4.33. The molecule has 23 heavy (non-hydrogen) atoms. The highest BCUT2D eigenvalue weighted by molar-refractivity contribution is 5.87. The lowest BCUT2D eigenvalue weighted by molar-refractivity contribution is -0.150. The third-order valence-corrected chi connectivity index (χ3v) is 4.33. The highest BCUT2D eigenvalue weighted by Gasteiger charge is 2.42. The molecule has 126 valence electrons. The van der Waals surface area contributed by atoms with E-state index < -0.39 is 17.4 Å². The molecule has 2 N–H and O–H groups in total. The van der Waals surface area contributed by atoms with E-state index in [9.17, 15) is 14.7 Å². The molecule has 6 heteroatoms. The summed E-state index contributed by atoms with van der Waals surface area (Å²) in [6.45, 7) is 1.87. The Balaban J connectivity index is 1.93. The van der Waals surface area contributed by atoms with E-state index in [1.807, 2.05) is 0 Å². The minimum absolute atomic E-state index is 0.224. The molecule has 0 atom stereocenters. The number of ether oxygens (including phenoxy) is 2. The summed E-state index contributed by atoms with van der Waals surface area (Å²) in [5.74, 6) is 0.226. The first kappa shape index (κ1) is 17.1. The zero-order valence-corrected chi connectivity index (χ0v) is 13.5. The van der Waals surface area contributed by atoms with E-state index in [1.54, 1.807) is 31.4 Å². The molecule has 1 aromatic carbocycles. The van der Waals surface area contributed by atoms with Gasteiger partial charge >= 0.3 is 5.97 Å². The molecule has 0 heterocycles. The molecule has 1 aliphatic carbocycles. The average Bonchev–Trinajstić information content (AvgIpc) is 2.55. The van der Waals surface area contributed by atoms with E-state index in [0.717, 1.165) is 12.8 Å². The molecule has 0 bridgehead atoms. The number of benzene rings is 1. The van der Waals surface area contributed by atoms with Crippen LogP contribution in [0, 0.1) is 5.92 Å². The summed E-state index contributed by atoms with van der Waals surface area (Å²) in [5.41, 5.74) is -1.17. The zero-order chi connectivity index (χ0) is 16.9. The van der Waals surface area contributed by atoms with E-state index in [2.05, 4.69) is 12.2 Å². The van der Waals surface area contributed by atoms with Crippen molar-refractivity contribution in [2.75, 3.05) is 13.7 Å². The van der Waals surface area contributed by atoms with E-state index in [1.165, 1.54) is 0 Å². The smallest absolute Gasteiger partial charge is 0.329 e. The fourth-order valence-corrected chi connectivity index (χ4v) is 2.79. The second-order valence-electron chi connectivity index (χ2n) is 6.09. The SMILES string of the molecule is COc1cccc(OCC(=O)NC2(C(=O)O)CCC(C)CC2)c1. The largest absolute Gasteiger partial charge is 0.497 e. The van der Waals surface area contributed by atoms with Crippen LogP contribution < -0.4 is 14.8 Å². The lowest BCUT2D eigenvalue weighted by Crippen LogP contribution is -2.57. The van der Waals surface area contributed by atoms with Crippen LogP contribution in [0.5, 0.6) is 11.5 Å². The molecule has 1 aliphatic rings. The molecule has 1 fully saturated rings. The number of rotatable bonds is 6. The molecule has 0 unspecified atom stereocenters. The van der Waals surface area contributed by atoms with Gasteiger partial charge in [0.1, 0.15) is 17.0 Å². The van der Waals surface area contributed by atoms with Gasteiger partial charge in [0, 0.05) is 6.07 Å². The molecule has 1 amide bonds. The van der Waals surface area contributed by atoms with Crippen LogP contribution in [0.15, 0.2) is 24.3 Å². The maximum absolute atomic E-state index is 12.1. The summed E-state index contributed by atoms with van der Waals surface area (Å²) in [6.07, 6.45) is 2.50. The van der Waals surface area contributed by atoms with Gasteiger partial charge < -0.3 is 19.9 Å². The number of carboxylic acid groups (broad SMARTS) is 1. The fraction of sp³-hybridized carbons (Fsp3) is 0.529. The first-order chi connectivity index (χ1) is 10.9. The second kappa shape index (κ2) is 7.35. The molecule has 6 nitrogen and oxygen atoms in total. The highest BCUT2D eigenvalue weighted by Crippen LogP contribution is 2.32. The predicted molar refractivity (Wildman–Crippen MR) is 84.6 cm³/mol. The van der Waals surface area contributed by atoms with Crippen molar-refractivity contribution in [3.05, 3.63) is 24.3 Å². The lowest BCUT2D eigenvalue weighted by Gasteiger charge is -2.36. The van der Waals surface area contributed by atoms with Crippen LogP contribution in [0.1, 0.15) is 32.6 Å². The zero-order valence-electron chi connectivity index (χ0n) is 13.5. The van der Waals surface area contributed by atoms with Crippen molar-refractivity contribution in [3.8, 4) is 11.5 Å². The molecule has 0 aromatic heterocycles.